The smallest absolute Gasteiger partial charge is 0.321 e. The van der Waals surface area contributed by atoms with E-state index >= 15 is 0 Å². The Kier molecular flexibility index (Phi) is 5.93. The van der Waals surface area contributed by atoms with E-state index in [4.69, 9.17) is 4.74 Å². The maximum absolute atomic E-state index is 12.7. The molecular formula is C24H24N4O3. The fourth-order valence-electron chi connectivity index (χ4n) is 3.48. The van der Waals surface area contributed by atoms with Crippen molar-refractivity contribution < 1.29 is 14.3 Å². The third kappa shape index (κ3) is 4.88. The highest BCUT2D eigenvalue weighted by Crippen LogP contribution is 2.29. The van der Waals surface area contributed by atoms with Gasteiger partial charge in [-0.15, -0.1) is 0 Å². The summed E-state index contributed by atoms with van der Waals surface area (Å²) in [6.45, 7) is 4.60. The minimum Gasteiger partial charge on any atom is -0.424 e. The van der Waals surface area contributed by atoms with E-state index in [0.29, 0.717) is 23.9 Å². The van der Waals surface area contributed by atoms with Gasteiger partial charge in [-0.1, -0.05) is 26.0 Å². The van der Waals surface area contributed by atoms with Crippen LogP contribution in [0.4, 0.5) is 11.4 Å². The number of nitrogens with zero attached hydrogens (tertiary/aromatic N) is 3. The largest absolute Gasteiger partial charge is 0.424 e. The summed E-state index contributed by atoms with van der Waals surface area (Å²) in [5, 5.41) is 2.89. The molecule has 1 aliphatic heterocycles. The zero-order valence-corrected chi connectivity index (χ0v) is 17.5. The van der Waals surface area contributed by atoms with Gasteiger partial charge in [0.05, 0.1) is 5.92 Å². The van der Waals surface area contributed by atoms with Crippen molar-refractivity contribution in [2.75, 3.05) is 16.8 Å². The highest BCUT2D eigenvalue weighted by Gasteiger charge is 2.35. The quantitative estimate of drug-likeness (QED) is 0.644. The number of aromatic nitrogens is 2. The van der Waals surface area contributed by atoms with E-state index in [2.05, 4.69) is 35.2 Å². The van der Waals surface area contributed by atoms with Crippen molar-refractivity contribution in [1.29, 1.82) is 0 Å². The Labute approximate surface area is 181 Å². The van der Waals surface area contributed by atoms with Gasteiger partial charge in [0.2, 0.25) is 11.8 Å². The predicted molar refractivity (Wildman–Crippen MR) is 118 cm³/mol. The maximum Gasteiger partial charge on any atom is 0.321 e. The van der Waals surface area contributed by atoms with Crippen LogP contribution in [0.5, 0.6) is 11.8 Å². The Morgan fingerprint density at radius 1 is 1.10 bits per heavy atom. The fourth-order valence-corrected chi connectivity index (χ4v) is 3.48. The third-order valence-electron chi connectivity index (χ3n) is 5.22. The van der Waals surface area contributed by atoms with Gasteiger partial charge in [-0.2, -0.15) is 0 Å². The van der Waals surface area contributed by atoms with Gasteiger partial charge in [0.15, 0.2) is 0 Å². The molecule has 7 heteroatoms. The van der Waals surface area contributed by atoms with Crippen molar-refractivity contribution in [3.63, 3.8) is 0 Å². The molecule has 1 aliphatic rings. The number of anilines is 2. The van der Waals surface area contributed by atoms with Crippen LogP contribution in [0, 0.1) is 5.92 Å². The molecule has 158 valence electrons. The SMILES string of the molecule is CC(C)c1cccc(N2CC(C(=O)Nc3ccc(Oc4ncccn4)cc3)CC2=O)c1. The predicted octanol–water partition coefficient (Wildman–Crippen LogP) is 4.38. The first-order valence-electron chi connectivity index (χ1n) is 10.3. The molecule has 0 bridgehead atoms. The third-order valence-corrected chi connectivity index (χ3v) is 5.22. The number of carbonyl (C=O) groups excluding carboxylic acids is 2. The van der Waals surface area contributed by atoms with Gasteiger partial charge in [-0.3, -0.25) is 9.59 Å². The molecule has 1 fully saturated rings. The molecule has 0 saturated carbocycles. The highest BCUT2D eigenvalue weighted by molar-refractivity contribution is 6.03. The normalized spacial score (nSPS) is 15.9. The molecule has 2 amide bonds. The van der Waals surface area contributed by atoms with Crippen molar-refractivity contribution >= 4 is 23.2 Å². The molecule has 2 aromatic carbocycles. The van der Waals surface area contributed by atoms with E-state index < -0.39 is 5.92 Å². The van der Waals surface area contributed by atoms with Gasteiger partial charge >= 0.3 is 6.01 Å². The van der Waals surface area contributed by atoms with Crippen LogP contribution in [0.25, 0.3) is 0 Å². The van der Waals surface area contributed by atoms with Crippen LogP contribution in [0.3, 0.4) is 0 Å². The summed E-state index contributed by atoms with van der Waals surface area (Å²) >= 11 is 0. The summed E-state index contributed by atoms with van der Waals surface area (Å²) in [7, 11) is 0. The van der Waals surface area contributed by atoms with Crippen LogP contribution in [-0.4, -0.2) is 28.3 Å². The molecule has 0 spiro atoms. The van der Waals surface area contributed by atoms with Crippen molar-refractivity contribution in [2.45, 2.75) is 26.2 Å². The Morgan fingerprint density at radius 3 is 2.55 bits per heavy atom. The average Bonchev–Trinajstić information content (AvgIpc) is 3.18. The lowest BCUT2D eigenvalue weighted by molar-refractivity contribution is -0.122. The van der Waals surface area contributed by atoms with Crippen LogP contribution in [0.1, 0.15) is 31.7 Å². The van der Waals surface area contributed by atoms with E-state index in [1.807, 2.05) is 18.2 Å². The molecule has 1 saturated heterocycles. The second kappa shape index (κ2) is 8.95. The first-order valence-corrected chi connectivity index (χ1v) is 10.3. The molecule has 0 radical (unpaired) electrons. The molecule has 31 heavy (non-hydrogen) atoms. The number of rotatable bonds is 6. The molecule has 0 aliphatic carbocycles. The topological polar surface area (TPSA) is 84.4 Å². The van der Waals surface area contributed by atoms with Crippen LogP contribution in [-0.2, 0) is 9.59 Å². The lowest BCUT2D eigenvalue weighted by Crippen LogP contribution is -2.28. The van der Waals surface area contributed by atoms with Gasteiger partial charge in [-0.25, -0.2) is 9.97 Å². The van der Waals surface area contributed by atoms with Crippen LogP contribution < -0.4 is 15.0 Å². The number of nitrogens with one attached hydrogen (secondary N) is 1. The van der Waals surface area contributed by atoms with Crippen molar-refractivity contribution in [3.05, 3.63) is 72.6 Å². The number of carbonyl (C=O) groups is 2. The van der Waals surface area contributed by atoms with Gasteiger partial charge < -0.3 is 15.0 Å². The summed E-state index contributed by atoms with van der Waals surface area (Å²) in [5.74, 6) is 0.334. The van der Waals surface area contributed by atoms with E-state index in [9.17, 15) is 9.59 Å². The van der Waals surface area contributed by atoms with Gasteiger partial charge in [0.1, 0.15) is 5.75 Å². The maximum atomic E-state index is 12.7. The highest BCUT2D eigenvalue weighted by atomic mass is 16.5. The minimum absolute atomic E-state index is 0.0346. The Balaban J connectivity index is 1.38. The fraction of sp³-hybridized carbons (Fsp3) is 0.250. The Morgan fingerprint density at radius 2 is 1.84 bits per heavy atom. The molecule has 3 aromatic rings. The summed E-state index contributed by atoms with van der Waals surface area (Å²) in [6.07, 6.45) is 3.40. The van der Waals surface area contributed by atoms with Crippen molar-refractivity contribution in [2.24, 2.45) is 5.92 Å². The lowest BCUT2D eigenvalue weighted by Gasteiger charge is -2.18. The molecule has 1 N–H and O–H groups in total. The molecule has 1 unspecified atom stereocenters. The first-order chi connectivity index (χ1) is 15.0. The van der Waals surface area contributed by atoms with Crippen molar-refractivity contribution in [1.82, 2.24) is 9.97 Å². The number of hydrogen-bond donors (Lipinski definition) is 1. The molecule has 7 nitrogen and oxygen atoms in total. The number of amides is 2. The molecule has 1 aromatic heterocycles. The summed E-state index contributed by atoms with van der Waals surface area (Å²) < 4.78 is 5.56. The van der Waals surface area contributed by atoms with Gasteiger partial charge in [-0.05, 0) is 53.9 Å². The Hall–Kier alpha value is -3.74. The average molecular weight is 416 g/mol. The zero-order chi connectivity index (χ0) is 21.8. The van der Waals surface area contributed by atoms with Gasteiger partial charge in [0, 0.05) is 36.7 Å². The van der Waals surface area contributed by atoms with E-state index in [-0.39, 0.29) is 24.2 Å². The van der Waals surface area contributed by atoms with E-state index in [1.165, 1.54) is 5.56 Å². The summed E-state index contributed by atoms with van der Waals surface area (Å²) in [6, 6.07) is 16.9. The van der Waals surface area contributed by atoms with Crippen LogP contribution in [0.2, 0.25) is 0 Å². The number of ether oxygens (including phenoxy) is 1. The standard InChI is InChI=1S/C24H24N4O3/c1-16(2)17-5-3-6-20(13-17)28-15-18(14-22(28)29)23(30)27-19-7-9-21(10-8-19)31-24-25-11-4-12-26-24/h3-13,16,18H,14-15H2,1-2H3,(H,27,30). The molecule has 1 atom stereocenters. The zero-order valence-electron chi connectivity index (χ0n) is 17.5. The van der Waals surface area contributed by atoms with Gasteiger partial charge in [0.25, 0.3) is 0 Å². The summed E-state index contributed by atoms with van der Waals surface area (Å²) in [5.41, 5.74) is 2.65. The van der Waals surface area contributed by atoms with E-state index in [0.717, 1.165) is 5.69 Å². The molecule has 2 heterocycles. The summed E-state index contributed by atoms with van der Waals surface area (Å²) in [4.78, 5) is 35.0. The minimum atomic E-state index is -0.399. The molecule has 4 rings (SSSR count). The monoisotopic (exact) mass is 416 g/mol. The molecular weight excluding hydrogens is 392 g/mol. The van der Waals surface area contributed by atoms with Crippen molar-refractivity contribution in [3.8, 4) is 11.8 Å². The second-order valence-corrected chi connectivity index (χ2v) is 7.80. The lowest BCUT2D eigenvalue weighted by atomic mass is 10.0. The van der Waals surface area contributed by atoms with Crippen LogP contribution >= 0.6 is 0 Å². The van der Waals surface area contributed by atoms with E-state index in [1.54, 1.807) is 47.6 Å². The number of benzene rings is 2. The second-order valence-electron chi connectivity index (χ2n) is 7.80. The number of hydrogen-bond acceptors (Lipinski definition) is 5. The van der Waals surface area contributed by atoms with Crippen LogP contribution in [0.15, 0.2) is 67.0 Å². The Bertz CT molecular complexity index is 1070. The first kappa shape index (κ1) is 20.5.